The molecule has 124 valence electrons. The van der Waals surface area contributed by atoms with Crippen LogP contribution in [-0.2, 0) is 18.0 Å². The van der Waals surface area contributed by atoms with Crippen LogP contribution in [0.1, 0.15) is 26.4 Å². The topological polar surface area (TPSA) is 72.2 Å². The van der Waals surface area contributed by atoms with Crippen LogP contribution in [0.4, 0.5) is 0 Å². The highest BCUT2D eigenvalue weighted by Crippen LogP contribution is 2.18. The lowest BCUT2D eigenvalue weighted by Gasteiger charge is -2.08. The molecule has 0 N–H and O–H groups in total. The Morgan fingerprint density at radius 1 is 1.12 bits per heavy atom. The van der Waals surface area contributed by atoms with E-state index in [-0.39, 0.29) is 6.61 Å². The minimum absolute atomic E-state index is 0.141. The molecule has 2 heterocycles. The number of carbonyl (C=O) groups is 1. The molecule has 0 saturated heterocycles. The van der Waals surface area contributed by atoms with Crippen molar-refractivity contribution in [2.45, 2.75) is 13.2 Å². The van der Waals surface area contributed by atoms with Crippen LogP contribution in [0.25, 0.3) is 0 Å². The molecule has 0 radical (unpaired) electrons. The van der Waals surface area contributed by atoms with Gasteiger partial charge in [0.05, 0.1) is 5.56 Å². The standard InChI is InChI=1S/C19H14N2O3S/c20-10-18-17(7-9-25-18)19(22)24-12-14-3-5-16(6-4-14)23-13-15-2-1-8-21-11-15/h1-9,11H,12-13H2. The lowest BCUT2D eigenvalue weighted by molar-refractivity contribution is 0.0473. The van der Waals surface area contributed by atoms with Gasteiger partial charge in [0, 0.05) is 18.0 Å². The van der Waals surface area contributed by atoms with E-state index < -0.39 is 5.97 Å². The predicted molar refractivity (Wildman–Crippen MR) is 93.2 cm³/mol. The third-order valence-electron chi connectivity index (χ3n) is 3.41. The minimum atomic E-state index is -0.491. The van der Waals surface area contributed by atoms with Gasteiger partial charge in [-0.05, 0) is 35.2 Å². The van der Waals surface area contributed by atoms with Crippen LogP contribution < -0.4 is 4.74 Å². The van der Waals surface area contributed by atoms with Crippen molar-refractivity contribution >= 4 is 17.3 Å². The molecule has 0 saturated carbocycles. The molecule has 2 aromatic heterocycles. The Bertz CT molecular complexity index is 883. The van der Waals surface area contributed by atoms with Crippen LogP contribution in [0.2, 0.25) is 0 Å². The van der Waals surface area contributed by atoms with Gasteiger partial charge in [0.2, 0.25) is 0 Å². The van der Waals surface area contributed by atoms with Gasteiger partial charge >= 0.3 is 5.97 Å². The van der Waals surface area contributed by atoms with E-state index in [0.717, 1.165) is 16.9 Å². The van der Waals surface area contributed by atoms with Gasteiger partial charge in [0.25, 0.3) is 0 Å². The van der Waals surface area contributed by atoms with Crippen LogP contribution in [0.3, 0.4) is 0 Å². The number of carbonyl (C=O) groups excluding carboxylic acids is 1. The minimum Gasteiger partial charge on any atom is -0.489 e. The Labute approximate surface area is 149 Å². The number of aromatic nitrogens is 1. The molecule has 0 bridgehead atoms. The maximum atomic E-state index is 12.0. The molecule has 0 aliphatic rings. The SMILES string of the molecule is N#Cc1sccc1C(=O)OCc1ccc(OCc2cccnc2)cc1. The van der Waals surface area contributed by atoms with Crippen LogP contribution in [0.5, 0.6) is 5.75 Å². The Balaban J connectivity index is 1.52. The third-order valence-corrected chi connectivity index (χ3v) is 4.23. The van der Waals surface area contributed by atoms with E-state index in [9.17, 15) is 4.79 Å². The first-order valence-electron chi connectivity index (χ1n) is 7.51. The maximum Gasteiger partial charge on any atom is 0.340 e. The first kappa shape index (κ1) is 16.7. The Kier molecular flexibility index (Phi) is 5.39. The van der Waals surface area contributed by atoms with Crippen molar-refractivity contribution in [3.05, 3.63) is 81.8 Å². The summed E-state index contributed by atoms with van der Waals surface area (Å²) in [6.07, 6.45) is 3.48. The van der Waals surface area contributed by atoms with Crippen molar-refractivity contribution in [1.29, 1.82) is 5.26 Å². The fourth-order valence-electron chi connectivity index (χ4n) is 2.12. The Morgan fingerprint density at radius 2 is 1.96 bits per heavy atom. The lowest BCUT2D eigenvalue weighted by atomic mass is 10.2. The summed E-state index contributed by atoms with van der Waals surface area (Å²) >= 11 is 1.22. The molecule has 0 aliphatic carbocycles. The number of pyridine rings is 1. The second kappa shape index (κ2) is 8.08. The van der Waals surface area contributed by atoms with Crippen LogP contribution in [0.15, 0.2) is 60.2 Å². The number of esters is 1. The van der Waals surface area contributed by atoms with E-state index in [4.69, 9.17) is 14.7 Å². The normalized spacial score (nSPS) is 10.0. The number of hydrogen-bond acceptors (Lipinski definition) is 6. The highest BCUT2D eigenvalue weighted by Gasteiger charge is 2.14. The average Bonchev–Trinajstić information content (AvgIpc) is 3.15. The Morgan fingerprint density at radius 3 is 2.68 bits per heavy atom. The van der Waals surface area contributed by atoms with Crippen LogP contribution in [0, 0.1) is 11.3 Å². The number of rotatable bonds is 6. The summed E-state index contributed by atoms with van der Waals surface area (Å²) in [6, 6.07) is 14.7. The van der Waals surface area contributed by atoms with Crippen molar-refractivity contribution in [1.82, 2.24) is 4.98 Å². The summed E-state index contributed by atoms with van der Waals surface area (Å²) in [5.74, 6) is 0.234. The number of thiophene rings is 1. The van der Waals surface area contributed by atoms with Crippen molar-refractivity contribution in [3.8, 4) is 11.8 Å². The number of benzene rings is 1. The van der Waals surface area contributed by atoms with E-state index in [0.29, 0.717) is 17.0 Å². The van der Waals surface area contributed by atoms with Gasteiger partial charge < -0.3 is 9.47 Å². The molecule has 6 heteroatoms. The maximum absolute atomic E-state index is 12.0. The van der Waals surface area contributed by atoms with Crippen molar-refractivity contribution in [3.63, 3.8) is 0 Å². The molecular weight excluding hydrogens is 336 g/mol. The van der Waals surface area contributed by atoms with Gasteiger partial charge in [0.15, 0.2) is 0 Å². The van der Waals surface area contributed by atoms with Crippen LogP contribution >= 0.6 is 11.3 Å². The van der Waals surface area contributed by atoms with Gasteiger partial charge in [-0.25, -0.2) is 4.79 Å². The van der Waals surface area contributed by atoms with E-state index >= 15 is 0 Å². The average molecular weight is 350 g/mol. The predicted octanol–water partition coefficient (Wildman–Crippen LogP) is 3.95. The molecule has 1 aromatic carbocycles. The summed E-state index contributed by atoms with van der Waals surface area (Å²) in [5.41, 5.74) is 2.14. The van der Waals surface area contributed by atoms with Crippen LogP contribution in [-0.4, -0.2) is 11.0 Å². The van der Waals surface area contributed by atoms with E-state index in [1.165, 1.54) is 11.3 Å². The first-order valence-corrected chi connectivity index (χ1v) is 8.39. The summed E-state index contributed by atoms with van der Waals surface area (Å²) in [4.78, 5) is 16.4. The summed E-state index contributed by atoms with van der Waals surface area (Å²) in [5, 5.41) is 10.6. The van der Waals surface area contributed by atoms with Gasteiger partial charge in [0.1, 0.15) is 29.9 Å². The quantitative estimate of drug-likeness (QED) is 0.629. The number of nitriles is 1. The van der Waals surface area contributed by atoms with Crippen molar-refractivity contribution in [2.24, 2.45) is 0 Å². The zero-order valence-electron chi connectivity index (χ0n) is 13.2. The molecule has 0 amide bonds. The molecule has 0 fully saturated rings. The monoisotopic (exact) mass is 350 g/mol. The molecule has 25 heavy (non-hydrogen) atoms. The summed E-state index contributed by atoms with van der Waals surface area (Å²) in [6.45, 7) is 0.583. The smallest absolute Gasteiger partial charge is 0.340 e. The summed E-state index contributed by atoms with van der Waals surface area (Å²) < 4.78 is 10.9. The number of hydrogen-bond donors (Lipinski definition) is 0. The second-order valence-electron chi connectivity index (χ2n) is 5.15. The van der Waals surface area contributed by atoms with Gasteiger partial charge in [-0.2, -0.15) is 5.26 Å². The molecule has 0 unspecified atom stereocenters. The lowest BCUT2D eigenvalue weighted by Crippen LogP contribution is -2.05. The van der Waals surface area contributed by atoms with E-state index in [1.54, 1.807) is 23.8 Å². The van der Waals surface area contributed by atoms with Crippen molar-refractivity contribution < 1.29 is 14.3 Å². The molecule has 0 aliphatic heterocycles. The zero-order valence-corrected chi connectivity index (χ0v) is 14.0. The highest BCUT2D eigenvalue weighted by molar-refractivity contribution is 7.10. The van der Waals surface area contributed by atoms with Gasteiger partial charge in [-0.1, -0.05) is 18.2 Å². The highest BCUT2D eigenvalue weighted by atomic mass is 32.1. The van der Waals surface area contributed by atoms with Crippen molar-refractivity contribution in [2.75, 3.05) is 0 Å². The molecule has 3 rings (SSSR count). The van der Waals surface area contributed by atoms with E-state index in [2.05, 4.69) is 4.98 Å². The number of nitrogens with zero attached hydrogens (tertiary/aromatic N) is 2. The fourth-order valence-corrected chi connectivity index (χ4v) is 2.79. The van der Waals surface area contributed by atoms with Gasteiger partial charge in [-0.15, -0.1) is 11.3 Å². The second-order valence-corrected chi connectivity index (χ2v) is 6.06. The first-order chi connectivity index (χ1) is 12.3. The zero-order chi connectivity index (χ0) is 17.5. The molecule has 0 atom stereocenters. The van der Waals surface area contributed by atoms with Gasteiger partial charge in [-0.3, -0.25) is 4.98 Å². The molecule has 5 nitrogen and oxygen atoms in total. The summed E-state index contributed by atoms with van der Waals surface area (Å²) in [7, 11) is 0. The molecular formula is C19H14N2O3S. The Hall–Kier alpha value is -3.17. The van der Waals surface area contributed by atoms with E-state index in [1.807, 2.05) is 42.5 Å². The third kappa shape index (κ3) is 4.43. The fraction of sp³-hybridized carbons (Fsp3) is 0.105. The molecule has 3 aromatic rings. The largest absolute Gasteiger partial charge is 0.489 e. The number of ether oxygens (including phenoxy) is 2. The molecule has 0 spiro atoms.